The van der Waals surface area contributed by atoms with Crippen LogP contribution in [0.1, 0.15) is 5.56 Å². The number of carbonyl (C=O) groups is 2. The summed E-state index contributed by atoms with van der Waals surface area (Å²) in [6.45, 7) is 0.761. The fraction of sp³-hybridized carbons (Fsp3) is 0.385. The maximum Gasteiger partial charge on any atom is 0.255 e. The Morgan fingerprint density at radius 1 is 1.26 bits per heavy atom. The molecule has 6 nitrogen and oxygen atoms in total. The van der Waals surface area contributed by atoms with Crippen molar-refractivity contribution in [2.24, 2.45) is 5.73 Å². The number of carbonyl (C=O) groups excluding carboxylic acids is 2. The monoisotopic (exact) mass is 265 g/mol. The van der Waals surface area contributed by atoms with Crippen molar-refractivity contribution < 1.29 is 14.3 Å². The summed E-state index contributed by atoms with van der Waals surface area (Å²) in [5.41, 5.74) is 6.00. The lowest BCUT2D eigenvalue weighted by Gasteiger charge is -2.11. The van der Waals surface area contributed by atoms with E-state index in [1.807, 2.05) is 12.1 Å². The molecule has 0 aliphatic carbocycles. The summed E-state index contributed by atoms with van der Waals surface area (Å²) in [6.07, 6.45) is 0. The molecule has 0 fully saturated rings. The highest BCUT2D eigenvalue weighted by Crippen LogP contribution is 2.11. The van der Waals surface area contributed by atoms with E-state index in [9.17, 15) is 9.59 Å². The van der Waals surface area contributed by atoms with Crippen molar-refractivity contribution in [1.29, 1.82) is 0 Å². The molecule has 0 unspecified atom stereocenters. The molecule has 1 aromatic carbocycles. The molecule has 104 valence electrons. The first-order chi connectivity index (χ1) is 8.99. The third kappa shape index (κ3) is 5.87. The number of benzene rings is 1. The van der Waals surface area contributed by atoms with E-state index in [-0.39, 0.29) is 12.5 Å². The van der Waals surface area contributed by atoms with Gasteiger partial charge in [0.1, 0.15) is 5.75 Å². The Kier molecular flexibility index (Phi) is 5.81. The fourth-order valence-electron chi connectivity index (χ4n) is 1.33. The summed E-state index contributed by atoms with van der Waals surface area (Å²) in [5, 5.41) is 3.05. The Morgan fingerprint density at radius 2 is 1.89 bits per heavy atom. The number of amides is 2. The number of hydrogen-bond acceptors (Lipinski definition) is 4. The molecule has 0 aromatic heterocycles. The Bertz CT molecular complexity index is 429. The minimum atomic E-state index is -0.507. The molecule has 0 heterocycles. The highest BCUT2D eigenvalue weighted by Gasteiger charge is 2.03. The van der Waals surface area contributed by atoms with Gasteiger partial charge in [0, 0.05) is 20.6 Å². The summed E-state index contributed by atoms with van der Waals surface area (Å²) in [6, 6.07) is 7.24. The second-order valence-electron chi connectivity index (χ2n) is 4.29. The second kappa shape index (κ2) is 7.38. The third-order valence-electron chi connectivity index (χ3n) is 2.41. The quantitative estimate of drug-likeness (QED) is 0.710. The summed E-state index contributed by atoms with van der Waals surface area (Å²) in [5.74, 6) is 0.112. The predicted molar refractivity (Wildman–Crippen MR) is 71.5 cm³/mol. The zero-order chi connectivity index (χ0) is 14.3. The predicted octanol–water partition coefficient (Wildman–Crippen LogP) is -0.271. The molecule has 1 aromatic rings. The number of nitrogens with zero attached hydrogens (tertiary/aromatic N) is 1. The maximum atomic E-state index is 11.3. The first-order valence-electron chi connectivity index (χ1n) is 5.90. The average Bonchev–Trinajstić information content (AvgIpc) is 2.37. The number of hydrogen-bond donors (Lipinski definition) is 2. The van der Waals surface area contributed by atoms with Crippen molar-refractivity contribution in [2.45, 2.75) is 6.54 Å². The summed E-state index contributed by atoms with van der Waals surface area (Å²) < 4.78 is 5.14. The minimum Gasteiger partial charge on any atom is -0.484 e. The Morgan fingerprint density at radius 3 is 2.42 bits per heavy atom. The van der Waals surface area contributed by atoms with Crippen LogP contribution in [-0.4, -0.2) is 44.0 Å². The third-order valence-corrected chi connectivity index (χ3v) is 2.41. The van der Waals surface area contributed by atoms with Crippen molar-refractivity contribution >= 4 is 11.8 Å². The highest BCUT2D eigenvalue weighted by atomic mass is 16.5. The lowest BCUT2D eigenvalue weighted by atomic mass is 10.2. The van der Waals surface area contributed by atoms with Crippen molar-refractivity contribution in [3.05, 3.63) is 29.8 Å². The molecule has 0 aliphatic heterocycles. The van der Waals surface area contributed by atoms with Gasteiger partial charge >= 0.3 is 0 Å². The van der Waals surface area contributed by atoms with Gasteiger partial charge in [0.05, 0.1) is 6.54 Å². The van der Waals surface area contributed by atoms with E-state index in [1.54, 1.807) is 26.2 Å². The molecule has 6 heteroatoms. The van der Waals surface area contributed by atoms with Crippen LogP contribution in [0.5, 0.6) is 5.75 Å². The standard InChI is InChI=1S/C13H19N3O3/c1-16(2)13(18)8-15-7-10-3-5-11(6-4-10)19-9-12(14)17/h3-6,15H,7-9H2,1-2H3,(H2,14,17). The topological polar surface area (TPSA) is 84.7 Å². The van der Waals surface area contributed by atoms with E-state index in [0.717, 1.165) is 5.56 Å². The molecule has 0 radical (unpaired) electrons. The molecular weight excluding hydrogens is 246 g/mol. The van der Waals surface area contributed by atoms with Gasteiger partial charge in [0.25, 0.3) is 5.91 Å². The van der Waals surface area contributed by atoms with E-state index < -0.39 is 5.91 Å². The van der Waals surface area contributed by atoms with Gasteiger partial charge in [0.2, 0.25) is 5.91 Å². The molecule has 1 rings (SSSR count). The van der Waals surface area contributed by atoms with Crippen LogP contribution < -0.4 is 15.8 Å². The Labute approximate surface area is 112 Å². The lowest BCUT2D eigenvalue weighted by Crippen LogP contribution is -2.32. The van der Waals surface area contributed by atoms with E-state index in [4.69, 9.17) is 10.5 Å². The second-order valence-corrected chi connectivity index (χ2v) is 4.29. The van der Waals surface area contributed by atoms with Crippen LogP contribution in [0.3, 0.4) is 0 Å². The first kappa shape index (κ1) is 15.0. The molecule has 0 bridgehead atoms. The molecule has 3 N–H and O–H groups in total. The molecule has 0 saturated carbocycles. The van der Waals surface area contributed by atoms with Gasteiger partial charge in [-0.15, -0.1) is 0 Å². The number of rotatable bonds is 7. The Hall–Kier alpha value is -2.08. The van der Waals surface area contributed by atoms with Gasteiger partial charge in [-0.1, -0.05) is 12.1 Å². The minimum absolute atomic E-state index is 0.0291. The van der Waals surface area contributed by atoms with Crippen molar-refractivity contribution in [3.8, 4) is 5.75 Å². The number of likely N-dealkylation sites (N-methyl/N-ethyl adjacent to an activating group) is 1. The average molecular weight is 265 g/mol. The fourth-order valence-corrected chi connectivity index (χ4v) is 1.33. The van der Waals surface area contributed by atoms with Gasteiger partial charge in [-0.25, -0.2) is 0 Å². The summed E-state index contributed by atoms with van der Waals surface area (Å²) in [4.78, 5) is 23.4. The van der Waals surface area contributed by atoms with Crippen LogP contribution >= 0.6 is 0 Å². The largest absolute Gasteiger partial charge is 0.484 e. The lowest BCUT2D eigenvalue weighted by molar-refractivity contribution is -0.127. The molecule has 19 heavy (non-hydrogen) atoms. The van der Waals surface area contributed by atoms with Crippen molar-refractivity contribution in [2.75, 3.05) is 27.2 Å². The van der Waals surface area contributed by atoms with E-state index in [0.29, 0.717) is 18.8 Å². The van der Waals surface area contributed by atoms with Crippen molar-refractivity contribution in [1.82, 2.24) is 10.2 Å². The zero-order valence-corrected chi connectivity index (χ0v) is 11.2. The number of nitrogens with two attached hydrogens (primary N) is 1. The van der Waals surface area contributed by atoms with Crippen LogP contribution in [0.15, 0.2) is 24.3 Å². The van der Waals surface area contributed by atoms with Crippen LogP contribution in [0.2, 0.25) is 0 Å². The molecule has 2 amide bonds. The number of ether oxygens (including phenoxy) is 1. The van der Waals surface area contributed by atoms with E-state index in [1.165, 1.54) is 4.90 Å². The molecular formula is C13H19N3O3. The van der Waals surface area contributed by atoms with E-state index in [2.05, 4.69) is 5.32 Å². The van der Waals surface area contributed by atoms with Crippen LogP contribution in [-0.2, 0) is 16.1 Å². The number of nitrogens with one attached hydrogen (secondary N) is 1. The van der Waals surface area contributed by atoms with Gasteiger partial charge in [-0.05, 0) is 17.7 Å². The first-order valence-corrected chi connectivity index (χ1v) is 5.90. The summed E-state index contributed by atoms with van der Waals surface area (Å²) in [7, 11) is 3.43. The van der Waals surface area contributed by atoms with Crippen molar-refractivity contribution in [3.63, 3.8) is 0 Å². The van der Waals surface area contributed by atoms with Crippen LogP contribution in [0.4, 0.5) is 0 Å². The summed E-state index contributed by atoms with van der Waals surface area (Å²) >= 11 is 0. The van der Waals surface area contributed by atoms with Gasteiger partial charge in [-0.3, -0.25) is 9.59 Å². The molecule has 0 aliphatic rings. The van der Waals surface area contributed by atoms with Crippen LogP contribution in [0.25, 0.3) is 0 Å². The van der Waals surface area contributed by atoms with Gasteiger partial charge in [-0.2, -0.15) is 0 Å². The van der Waals surface area contributed by atoms with Gasteiger partial charge in [0.15, 0.2) is 6.61 Å². The zero-order valence-electron chi connectivity index (χ0n) is 11.2. The van der Waals surface area contributed by atoms with Gasteiger partial charge < -0.3 is 20.7 Å². The number of primary amides is 1. The normalized spacial score (nSPS) is 10.0. The smallest absolute Gasteiger partial charge is 0.255 e. The molecule has 0 spiro atoms. The molecule has 0 saturated heterocycles. The Balaban J connectivity index is 2.36. The van der Waals surface area contributed by atoms with E-state index >= 15 is 0 Å². The highest BCUT2D eigenvalue weighted by molar-refractivity contribution is 5.77. The SMILES string of the molecule is CN(C)C(=O)CNCc1ccc(OCC(N)=O)cc1. The molecule has 0 atom stereocenters. The van der Waals surface area contributed by atoms with Crippen LogP contribution in [0, 0.1) is 0 Å². The maximum absolute atomic E-state index is 11.3.